The maximum Gasteiger partial charge on any atom is 0.216 e. The summed E-state index contributed by atoms with van der Waals surface area (Å²) in [6.45, 7) is 3.97. The van der Waals surface area contributed by atoms with Crippen LogP contribution < -0.4 is 4.74 Å². The molecule has 0 spiro atoms. The average Bonchev–Trinajstić information content (AvgIpc) is 2.44. The van der Waals surface area contributed by atoms with Crippen molar-refractivity contribution in [1.29, 1.82) is 0 Å². The van der Waals surface area contributed by atoms with Crippen molar-refractivity contribution in [3.63, 3.8) is 0 Å². The first-order chi connectivity index (χ1) is 9.26. The summed E-state index contributed by atoms with van der Waals surface area (Å²) in [6.07, 6.45) is 1.74. The van der Waals surface area contributed by atoms with Crippen LogP contribution in [0.5, 0.6) is 5.88 Å². The third kappa shape index (κ3) is 2.58. The molecule has 19 heavy (non-hydrogen) atoms. The number of hydrogen-bond acceptors (Lipinski definition) is 4. The van der Waals surface area contributed by atoms with E-state index in [1.54, 1.807) is 12.3 Å². The highest BCUT2D eigenvalue weighted by atomic mass is 16.5. The van der Waals surface area contributed by atoms with Crippen molar-refractivity contribution >= 4 is 0 Å². The Balaban J connectivity index is 1.70. The minimum Gasteiger partial charge on any atom is -0.473 e. The van der Waals surface area contributed by atoms with E-state index in [9.17, 15) is 0 Å². The van der Waals surface area contributed by atoms with Crippen LogP contribution in [0, 0.1) is 0 Å². The zero-order valence-electron chi connectivity index (χ0n) is 10.9. The fraction of sp³-hybridized carbons (Fsp3) is 0.333. The Morgan fingerprint density at radius 1 is 1.21 bits per heavy atom. The van der Waals surface area contributed by atoms with Gasteiger partial charge in [0, 0.05) is 12.3 Å². The zero-order chi connectivity index (χ0) is 13.1. The summed E-state index contributed by atoms with van der Waals surface area (Å²) in [6, 6.07) is 11.8. The van der Waals surface area contributed by atoms with Gasteiger partial charge in [0.05, 0.1) is 18.6 Å². The molecular formula is C15H16N2O2. The monoisotopic (exact) mass is 256 g/mol. The van der Waals surface area contributed by atoms with Crippen LogP contribution in [0.25, 0.3) is 0 Å². The minimum absolute atomic E-state index is 0.0634. The molecule has 1 saturated heterocycles. The van der Waals surface area contributed by atoms with E-state index in [4.69, 9.17) is 9.47 Å². The molecule has 4 nitrogen and oxygen atoms in total. The number of aromatic nitrogens is 2. The van der Waals surface area contributed by atoms with Crippen molar-refractivity contribution in [2.45, 2.75) is 18.9 Å². The normalized spacial score (nSPS) is 16.7. The van der Waals surface area contributed by atoms with E-state index in [1.165, 1.54) is 0 Å². The average molecular weight is 256 g/mol. The molecule has 1 fully saturated rings. The third-order valence-corrected chi connectivity index (χ3v) is 3.24. The van der Waals surface area contributed by atoms with Gasteiger partial charge in [0.2, 0.25) is 5.88 Å². The van der Waals surface area contributed by atoms with E-state index in [0.717, 1.165) is 11.4 Å². The Bertz CT molecular complexity index is 553. The second-order valence-corrected chi connectivity index (χ2v) is 5.05. The molecule has 0 saturated carbocycles. The maximum absolute atomic E-state index is 5.70. The van der Waals surface area contributed by atoms with Crippen LogP contribution in [0.15, 0.2) is 42.6 Å². The summed E-state index contributed by atoms with van der Waals surface area (Å²) in [5.41, 5.74) is 1.06. The molecule has 0 unspecified atom stereocenters. The molecule has 1 aromatic heterocycles. The Labute approximate surface area is 112 Å². The SMILES string of the molecule is CC1(c2nccc(OCc3ccccc3)n2)COC1. The maximum atomic E-state index is 5.70. The molecule has 0 amide bonds. The Hall–Kier alpha value is -1.94. The van der Waals surface area contributed by atoms with Crippen LogP contribution in [-0.2, 0) is 16.8 Å². The van der Waals surface area contributed by atoms with E-state index in [2.05, 4.69) is 16.9 Å². The topological polar surface area (TPSA) is 44.2 Å². The van der Waals surface area contributed by atoms with E-state index in [-0.39, 0.29) is 5.41 Å². The van der Waals surface area contributed by atoms with Crippen molar-refractivity contribution in [1.82, 2.24) is 9.97 Å². The van der Waals surface area contributed by atoms with Gasteiger partial charge in [0.15, 0.2) is 0 Å². The largest absolute Gasteiger partial charge is 0.473 e. The lowest BCUT2D eigenvalue weighted by Crippen LogP contribution is -2.45. The van der Waals surface area contributed by atoms with Crippen LogP contribution in [0.1, 0.15) is 18.3 Å². The molecule has 3 rings (SSSR count). The van der Waals surface area contributed by atoms with Gasteiger partial charge in [-0.15, -0.1) is 0 Å². The summed E-state index contributed by atoms with van der Waals surface area (Å²) in [7, 11) is 0. The summed E-state index contributed by atoms with van der Waals surface area (Å²) in [4.78, 5) is 8.79. The number of benzene rings is 1. The first-order valence-corrected chi connectivity index (χ1v) is 6.34. The summed E-state index contributed by atoms with van der Waals surface area (Å²) >= 11 is 0. The summed E-state index contributed by atoms with van der Waals surface area (Å²) in [5, 5.41) is 0. The number of hydrogen-bond donors (Lipinski definition) is 0. The molecular weight excluding hydrogens is 240 g/mol. The van der Waals surface area contributed by atoms with Crippen LogP contribution in [-0.4, -0.2) is 23.2 Å². The quantitative estimate of drug-likeness (QED) is 0.842. The molecule has 2 heterocycles. The molecule has 1 aliphatic rings. The summed E-state index contributed by atoms with van der Waals surface area (Å²) < 4.78 is 10.9. The Kier molecular flexibility index (Phi) is 3.17. The predicted octanol–water partition coefficient (Wildman–Crippen LogP) is 2.34. The van der Waals surface area contributed by atoms with Crippen molar-refractivity contribution in [3.05, 3.63) is 54.0 Å². The van der Waals surface area contributed by atoms with Crippen molar-refractivity contribution in [2.75, 3.05) is 13.2 Å². The highest BCUT2D eigenvalue weighted by Crippen LogP contribution is 2.29. The molecule has 2 aromatic rings. The van der Waals surface area contributed by atoms with E-state index in [1.807, 2.05) is 30.3 Å². The highest BCUT2D eigenvalue weighted by Gasteiger charge is 2.38. The van der Waals surface area contributed by atoms with Gasteiger partial charge in [-0.25, -0.2) is 4.98 Å². The number of ether oxygens (including phenoxy) is 2. The molecule has 0 bridgehead atoms. The first kappa shape index (κ1) is 12.1. The predicted molar refractivity (Wildman–Crippen MR) is 71.0 cm³/mol. The summed E-state index contributed by atoms with van der Waals surface area (Å²) in [5.74, 6) is 1.41. The number of rotatable bonds is 4. The lowest BCUT2D eigenvalue weighted by atomic mass is 9.88. The Morgan fingerprint density at radius 2 is 2.00 bits per heavy atom. The van der Waals surface area contributed by atoms with Gasteiger partial charge in [-0.1, -0.05) is 30.3 Å². The lowest BCUT2D eigenvalue weighted by molar-refractivity contribution is -0.0546. The molecule has 0 N–H and O–H groups in total. The molecule has 0 atom stereocenters. The highest BCUT2D eigenvalue weighted by molar-refractivity contribution is 5.18. The van der Waals surface area contributed by atoms with Crippen LogP contribution in [0.3, 0.4) is 0 Å². The second kappa shape index (κ2) is 4.97. The fourth-order valence-electron chi connectivity index (χ4n) is 1.98. The van der Waals surface area contributed by atoms with E-state index < -0.39 is 0 Å². The molecule has 98 valence electrons. The Morgan fingerprint density at radius 3 is 2.68 bits per heavy atom. The van der Waals surface area contributed by atoms with Gasteiger partial charge in [-0.3, -0.25) is 0 Å². The van der Waals surface area contributed by atoms with Gasteiger partial charge >= 0.3 is 0 Å². The van der Waals surface area contributed by atoms with Gasteiger partial charge in [0.1, 0.15) is 12.4 Å². The molecule has 4 heteroatoms. The lowest BCUT2D eigenvalue weighted by Gasteiger charge is -2.36. The van der Waals surface area contributed by atoms with Crippen molar-refractivity contribution in [2.24, 2.45) is 0 Å². The molecule has 1 aromatic carbocycles. The van der Waals surface area contributed by atoms with Crippen LogP contribution in [0.2, 0.25) is 0 Å². The van der Waals surface area contributed by atoms with E-state index >= 15 is 0 Å². The van der Waals surface area contributed by atoms with Crippen LogP contribution >= 0.6 is 0 Å². The fourth-order valence-corrected chi connectivity index (χ4v) is 1.98. The molecule has 1 aliphatic heterocycles. The minimum atomic E-state index is -0.0634. The molecule has 0 aliphatic carbocycles. The second-order valence-electron chi connectivity index (χ2n) is 5.05. The zero-order valence-corrected chi connectivity index (χ0v) is 10.9. The van der Waals surface area contributed by atoms with Crippen molar-refractivity contribution in [3.8, 4) is 5.88 Å². The van der Waals surface area contributed by atoms with Gasteiger partial charge in [-0.05, 0) is 12.5 Å². The smallest absolute Gasteiger partial charge is 0.216 e. The van der Waals surface area contributed by atoms with Gasteiger partial charge in [0.25, 0.3) is 0 Å². The molecule has 0 radical (unpaired) electrons. The third-order valence-electron chi connectivity index (χ3n) is 3.24. The van der Waals surface area contributed by atoms with E-state index in [0.29, 0.717) is 25.7 Å². The number of nitrogens with zero attached hydrogens (tertiary/aromatic N) is 2. The standard InChI is InChI=1S/C15H16N2O2/c1-15(10-18-11-15)14-16-8-7-13(17-14)19-9-12-5-3-2-4-6-12/h2-8H,9-11H2,1H3. The van der Waals surface area contributed by atoms with Gasteiger partial charge in [-0.2, -0.15) is 4.98 Å². The van der Waals surface area contributed by atoms with Gasteiger partial charge < -0.3 is 9.47 Å². The van der Waals surface area contributed by atoms with Crippen molar-refractivity contribution < 1.29 is 9.47 Å². The van der Waals surface area contributed by atoms with Crippen LogP contribution in [0.4, 0.5) is 0 Å². The first-order valence-electron chi connectivity index (χ1n) is 6.34.